The summed E-state index contributed by atoms with van der Waals surface area (Å²) in [5.74, 6) is 0.130. The summed E-state index contributed by atoms with van der Waals surface area (Å²) in [4.78, 5) is 12.3. The molecule has 7 heteroatoms. The number of carbonyl (C=O) groups excluding carboxylic acids is 1. The molecule has 0 aliphatic rings. The molecule has 0 bridgehead atoms. The Morgan fingerprint density at radius 2 is 1.58 bits per heavy atom. The molecule has 3 aromatic rings. The highest BCUT2D eigenvalue weighted by molar-refractivity contribution is 7.89. The number of carbonyl (C=O) groups is 1. The van der Waals surface area contributed by atoms with Crippen LogP contribution in [-0.4, -0.2) is 20.9 Å². The monoisotopic (exact) mass is 438 g/mol. The molecule has 0 heterocycles. The largest absolute Gasteiger partial charge is 0.484 e. The highest BCUT2D eigenvalue weighted by Gasteiger charge is 2.18. The molecule has 3 aromatic carbocycles. The van der Waals surface area contributed by atoms with E-state index < -0.39 is 10.0 Å². The van der Waals surface area contributed by atoms with Gasteiger partial charge in [-0.2, -0.15) is 0 Å². The molecule has 1 unspecified atom stereocenters. The molecule has 0 aromatic heterocycles. The van der Waals surface area contributed by atoms with Crippen molar-refractivity contribution in [1.82, 2.24) is 4.72 Å². The van der Waals surface area contributed by atoms with Gasteiger partial charge in [-0.25, -0.2) is 13.1 Å². The molecule has 31 heavy (non-hydrogen) atoms. The third-order valence-corrected chi connectivity index (χ3v) is 6.36. The van der Waals surface area contributed by atoms with Gasteiger partial charge < -0.3 is 10.1 Å². The van der Waals surface area contributed by atoms with Crippen molar-refractivity contribution in [2.24, 2.45) is 0 Å². The van der Waals surface area contributed by atoms with Crippen LogP contribution in [0.5, 0.6) is 5.75 Å². The Balaban J connectivity index is 1.57. The maximum absolute atomic E-state index is 12.6. The van der Waals surface area contributed by atoms with Crippen molar-refractivity contribution >= 4 is 21.6 Å². The first-order valence-electron chi connectivity index (χ1n) is 10.1. The average molecular weight is 439 g/mol. The SMILES string of the molecule is CCc1ccccc1NC(=O)COc1ccc(S(=O)(=O)NC(C)c2ccccc2)cc1. The van der Waals surface area contributed by atoms with E-state index in [1.54, 1.807) is 6.92 Å². The Labute approximate surface area is 183 Å². The number of para-hydroxylation sites is 1. The Morgan fingerprint density at radius 3 is 2.26 bits per heavy atom. The molecule has 2 N–H and O–H groups in total. The van der Waals surface area contributed by atoms with Gasteiger partial charge in [0.25, 0.3) is 5.91 Å². The fourth-order valence-electron chi connectivity index (χ4n) is 3.11. The number of sulfonamides is 1. The van der Waals surface area contributed by atoms with E-state index in [9.17, 15) is 13.2 Å². The first kappa shape index (κ1) is 22.5. The Bertz CT molecular complexity index is 1110. The number of rotatable bonds is 9. The highest BCUT2D eigenvalue weighted by atomic mass is 32.2. The summed E-state index contributed by atoms with van der Waals surface area (Å²) in [5.41, 5.74) is 2.68. The molecule has 6 nitrogen and oxygen atoms in total. The molecule has 1 amide bonds. The average Bonchev–Trinajstić information content (AvgIpc) is 2.78. The molecule has 0 aliphatic heterocycles. The topological polar surface area (TPSA) is 84.5 Å². The lowest BCUT2D eigenvalue weighted by Crippen LogP contribution is -2.26. The van der Waals surface area contributed by atoms with E-state index in [-0.39, 0.29) is 23.5 Å². The van der Waals surface area contributed by atoms with E-state index in [4.69, 9.17) is 4.74 Å². The number of hydrogen-bond donors (Lipinski definition) is 2. The number of ether oxygens (including phenoxy) is 1. The number of aryl methyl sites for hydroxylation is 1. The standard InChI is InChI=1S/C24H26N2O4S/c1-3-19-9-7-8-12-23(19)25-24(27)17-30-21-13-15-22(16-14-21)31(28,29)26-18(2)20-10-5-4-6-11-20/h4-16,18,26H,3,17H2,1-2H3,(H,25,27). The van der Waals surface area contributed by atoms with E-state index in [1.807, 2.05) is 61.5 Å². The Kier molecular flexibility index (Phi) is 7.44. The maximum atomic E-state index is 12.6. The van der Waals surface area contributed by atoms with Gasteiger partial charge in [0.05, 0.1) is 4.90 Å². The predicted octanol–water partition coefficient (Wildman–Crippen LogP) is 4.31. The zero-order valence-corrected chi connectivity index (χ0v) is 18.4. The number of anilines is 1. The van der Waals surface area contributed by atoms with Crippen LogP contribution in [0.4, 0.5) is 5.69 Å². The van der Waals surface area contributed by atoms with Crippen molar-refractivity contribution in [2.45, 2.75) is 31.2 Å². The third-order valence-electron chi connectivity index (χ3n) is 4.81. The minimum atomic E-state index is -3.69. The Hall–Kier alpha value is -3.16. The first-order valence-corrected chi connectivity index (χ1v) is 11.5. The van der Waals surface area contributed by atoms with Crippen LogP contribution >= 0.6 is 0 Å². The van der Waals surface area contributed by atoms with Crippen LogP contribution in [0.3, 0.4) is 0 Å². The van der Waals surface area contributed by atoms with E-state index in [1.165, 1.54) is 24.3 Å². The zero-order valence-electron chi connectivity index (χ0n) is 17.5. The van der Waals surface area contributed by atoms with Crippen molar-refractivity contribution in [2.75, 3.05) is 11.9 Å². The number of nitrogens with one attached hydrogen (secondary N) is 2. The van der Waals surface area contributed by atoms with E-state index in [2.05, 4.69) is 10.0 Å². The van der Waals surface area contributed by atoms with Crippen molar-refractivity contribution in [3.05, 3.63) is 90.0 Å². The van der Waals surface area contributed by atoms with Crippen molar-refractivity contribution in [1.29, 1.82) is 0 Å². The van der Waals surface area contributed by atoms with Crippen LogP contribution in [0.25, 0.3) is 0 Å². The predicted molar refractivity (Wildman–Crippen MR) is 122 cm³/mol. The van der Waals surface area contributed by atoms with Crippen molar-refractivity contribution < 1.29 is 17.9 Å². The van der Waals surface area contributed by atoms with E-state index in [0.29, 0.717) is 5.75 Å². The summed E-state index contributed by atoms with van der Waals surface area (Å²) >= 11 is 0. The number of hydrogen-bond acceptors (Lipinski definition) is 4. The zero-order chi connectivity index (χ0) is 22.3. The molecular formula is C24H26N2O4S. The van der Waals surface area contributed by atoms with Crippen LogP contribution in [0.1, 0.15) is 31.0 Å². The van der Waals surface area contributed by atoms with Crippen molar-refractivity contribution in [3.8, 4) is 5.75 Å². The quantitative estimate of drug-likeness (QED) is 0.522. The van der Waals surface area contributed by atoms with Crippen molar-refractivity contribution in [3.63, 3.8) is 0 Å². The number of benzene rings is 3. The first-order chi connectivity index (χ1) is 14.9. The van der Waals surface area contributed by atoms with Gasteiger partial charge >= 0.3 is 0 Å². The van der Waals surface area contributed by atoms with Crippen LogP contribution in [0.2, 0.25) is 0 Å². The van der Waals surface area contributed by atoms with Gasteiger partial charge in [-0.15, -0.1) is 0 Å². The molecule has 0 radical (unpaired) electrons. The number of amides is 1. The maximum Gasteiger partial charge on any atom is 0.262 e. The van der Waals surface area contributed by atoms with Gasteiger partial charge in [0.15, 0.2) is 6.61 Å². The van der Waals surface area contributed by atoms with Gasteiger partial charge in [-0.3, -0.25) is 4.79 Å². The van der Waals surface area contributed by atoms with Gasteiger partial charge in [0.2, 0.25) is 10.0 Å². The third kappa shape index (κ3) is 6.16. The molecule has 3 rings (SSSR count). The van der Waals surface area contributed by atoms with Crippen LogP contribution in [-0.2, 0) is 21.2 Å². The van der Waals surface area contributed by atoms with Gasteiger partial charge in [0, 0.05) is 11.7 Å². The minimum absolute atomic E-state index is 0.129. The lowest BCUT2D eigenvalue weighted by Gasteiger charge is -2.15. The highest BCUT2D eigenvalue weighted by Crippen LogP contribution is 2.20. The van der Waals surface area contributed by atoms with E-state index >= 15 is 0 Å². The van der Waals surface area contributed by atoms with Gasteiger partial charge in [-0.1, -0.05) is 55.5 Å². The fourth-order valence-corrected chi connectivity index (χ4v) is 4.34. The minimum Gasteiger partial charge on any atom is -0.484 e. The van der Waals surface area contributed by atoms with Crippen LogP contribution < -0.4 is 14.8 Å². The molecule has 0 saturated carbocycles. The summed E-state index contributed by atoms with van der Waals surface area (Å²) < 4.78 is 33.4. The normalized spacial score (nSPS) is 12.2. The Morgan fingerprint density at radius 1 is 0.935 bits per heavy atom. The molecule has 1 atom stereocenters. The van der Waals surface area contributed by atoms with Crippen LogP contribution in [0, 0.1) is 0 Å². The van der Waals surface area contributed by atoms with Crippen LogP contribution in [0.15, 0.2) is 83.8 Å². The molecule has 0 aliphatic carbocycles. The molecular weight excluding hydrogens is 412 g/mol. The van der Waals surface area contributed by atoms with E-state index in [0.717, 1.165) is 23.2 Å². The summed E-state index contributed by atoms with van der Waals surface area (Å²) in [5, 5.41) is 2.83. The second-order valence-electron chi connectivity index (χ2n) is 7.07. The lowest BCUT2D eigenvalue weighted by atomic mass is 10.1. The molecule has 0 spiro atoms. The molecule has 0 saturated heterocycles. The summed E-state index contributed by atoms with van der Waals surface area (Å²) in [6, 6.07) is 22.6. The molecule has 162 valence electrons. The smallest absolute Gasteiger partial charge is 0.262 e. The summed E-state index contributed by atoms with van der Waals surface area (Å²) in [7, 11) is -3.69. The fraction of sp³-hybridized carbons (Fsp3) is 0.208. The van der Waals surface area contributed by atoms with Gasteiger partial charge in [-0.05, 0) is 54.8 Å². The molecule has 0 fully saturated rings. The second-order valence-corrected chi connectivity index (χ2v) is 8.79. The summed E-state index contributed by atoms with van der Waals surface area (Å²) in [6.45, 7) is 3.64. The lowest BCUT2D eigenvalue weighted by molar-refractivity contribution is -0.118. The summed E-state index contributed by atoms with van der Waals surface area (Å²) in [6.07, 6.45) is 0.810. The second kappa shape index (κ2) is 10.2. The van der Waals surface area contributed by atoms with Gasteiger partial charge in [0.1, 0.15) is 5.75 Å².